The molecule has 2 aliphatic rings. The van der Waals surface area contributed by atoms with Crippen LogP contribution in [0.15, 0.2) is 48.5 Å². The molecule has 2 aromatic carbocycles. The number of aliphatic hydroxyl groups excluding tert-OH is 1. The molecule has 194 valence electrons. The summed E-state index contributed by atoms with van der Waals surface area (Å²) in [6.07, 6.45) is -0.479. The van der Waals surface area contributed by atoms with Crippen LogP contribution in [0.2, 0.25) is 5.02 Å². The number of aliphatic hydroxyl groups is 2. The number of esters is 1. The van der Waals surface area contributed by atoms with Crippen LogP contribution >= 0.6 is 11.6 Å². The number of nitrogens with one attached hydrogen (secondary N) is 2. The summed E-state index contributed by atoms with van der Waals surface area (Å²) < 4.78 is 4.80. The van der Waals surface area contributed by atoms with E-state index >= 15 is 0 Å². The van der Waals surface area contributed by atoms with Crippen molar-refractivity contribution in [1.82, 2.24) is 15.2 Å². The minimum Gasteiger partial charge on any atom is -0.467 e. The maximum Gasteiger partial charge on any atom is 0.328 e. The van der Waals surface area contributed by atoms with Crippen LogP contribution in [0.4, 0.5) is 0 Å². The normalized spacial score (nSPS) is 25.1. The zero-order chi connectivity index (χ0) is 26.3. The number of aromatic nitrogens is 1. The van der Waals surface area contributed by atoms with Crippen molar-refractivity contribution in [3.63, 3.8) is 0 Å². The number of hydrogen-bond acceptors (Lipinski definition) is 6. The van der Waals surface area contributed by atoms with Crippen LogP contribution in [0.3, 0.4) is 0 Å². The molecular weight excluding hydrogens is 498 g/mol. The third-order valence-corrected chi connectivity index (χ3v) is 7.48. The summed E-state index contributed by atoms with van der Waals surface area (Å²) in [4.78, 5) is 43.0. The summed E-state index contributed by atoms with van der Waals surface area (Å²) in [6.45, 7) is -0.0130. The zero-order valence-corrected chi connectivity index (χ0v) is 21.0. The molecule has 0 saturated carbocycles. The van der Waals surface area contributed by atoms with Crippen molar-refractivity contribution < 1.29 is 29.3 Å². The number of amides is 2. The first kappa shape index (κ1) is 25.3. The minimum absolute atomic E-state index is 0.0130. The summed E-state index contributed by atoms with van der Waals surface area (Å²) in [7, 11) is 1.23. The van der Waals surface area contributed by atoms with Crippen molar-refractivity contribution in [2.45, 2.75) is 49.5 Å². The number of aromatic amines is 1. The highest BCUT2D eigenvalue weighted by Crippen LogP contribution is 2.39. The number of hydrogen-bond donors (Lipinski definition) is 4. The van der Waals surface area contributed by atoms with Crippen LogP contribution in [0.25, 0.3) is 10.9 Å². The molecule has 3 aromatic rings. The molecule has 1 saturated heterocycles. The second-order valence-corrected chi connectivity index (χ2v) is 10.3. The van der Waals surface area contributed by atoms with Crippen LogP contribution in [0.5, 0.6) is 0 Å². The van der Waals surface area contributed by atoms with Crippen LogP contribution in [0, 0.1) is 0 Å². The molecule has 0 bridgehead atoms. The third kappa shape index (κ3) is 4.94. The second-order valence-electron chi connectivity index (χ2n) is 9.83. The fourth-order valence-electron chi connectivity index (χ4n) is 5.57. The predicted octanol–water partition coefficient (Wildman–Crippen LogP) is 2.28. The predicted molar refractivity (Wildman–Crippen MR) is 136 cm³/mol. The number of nitrogens with zero attached hydrogens (tertiary/aromatic N) is 1. The van der Waals surface area contributed by atoms with E-state index in [4.69, 9.17) is 16.3 Å². The molecule has 5 rings (SSSR count). The van der Waals surface area contributed by atoms with Crippen molar-refractivity contribution in [3.05, 3.63) is 70.4 Å². The average Bonchev–Trinajstić information content (AvgIpc) is 3.47. The lowest BCUT2D eigenvalue weighted by Crippen LogP contribution is -2.49. The summed E-state index contributed by atoms with van der Waals surface area (Å²) in [6, 6.07) is 12.9. The van der Waals surface area contributed by atoms with E-state index in [0.717, 1.165) is 16.5 Å². The molecule has 0 radical (unpaired) electrons. The number of likely N-dealkylation sites (tertiary alicyclic amines) is 1. The first-order valence-corrected chi connectivity index (χ1v) is 12.5. The molecular formula is C27H28ClN3O6. The minimum atomic E-state index is -1.58. The number of H-pyrrole nitrogens is 1. The molecule has 2 amide bonds. The number of carbonyl (C=O) groups is 3. The van der Waals surface area contributed by atoms with Gasteiger partial charge in [-0.05, 0) is 41.8 Å². The first-order chi connectivity index (χ1) is 17.7. The van der Waals surface area contributed by atoms with Gasteiger partial charge < -0.3 is 30.2 Å². The molecule has 9 nitrogen and oxygen atoms in total. The number of ether oxygens (including phenoxy) is 1. The Bertz CT molecular complexity index is 1370. The monoisotopic (exact) mass is 525 g/mol. The third-order valence-electron chi connectivity index (χ3n) is 7.25. The fraction of sp³-hybridized carbons (Fsp3) is 0.370. The molecule has 1 aliphatic heterocycles. The number of rotatable bonds is 5. The highest BCUT2D eigenvalue weighted by Gasteiger charge is 2.45. The Hall–Kier alpha value is -3.40. The Morgan fingerprint density at radius 1 is 1.22 bits per heavy atom. The van der Waals surface area contributed by atoms with Crippen LogP contribution in [0.1, 0.15) is 40.9 Å². The summed E-state index contributed by atoms with van der Waals surface area (Å²) in [5.41, 5.74) is 1.00. The first-order valence-electron chi connectivity index (χ1n) is 12.1. The van der Waals surface area contributed by atoms with E-state index in [1.165, 1.54) is 12.0 Å². The molecule has 1 fully saturated rings. The average molecular weight is 526 g/mol. The molecule has 4 N–H and O–H groups in total. The van der Waals surface area contributed by atoms with Gasteiger partial charge in [0.2, 0.25) is 5.91 Å². The van der Waals surface area contributed by atoms with Gasteiger partial charge in [0, 0.05) is 41.4 Å². The van der Waals surface area contributed by atoms with Crippen molar-refractivity contribution >= 4 is 40.3 Å². The van der Waals surface area contributed by atoms with E-state index in [2.05, 4.69) is 10.3 Å². The van der Waals surface area contributed by atoms with E-state index in [0.29, 0.717) is 22.7 Å². The maximum absolute atomic E-state index is 13.3. The Kier molecular flexibility index (Phi) is 6.70. The van der Waals surface area contributed by atoms with Crippen LogP contribution < -0.4 is 5.32 Å². The van der Waals surface area contributed by atoms with Crippen molar-refractivity contribution in [2.24, 2.45) is 0 Å². The van der Waals surface area contributed by atoms with Crippen molar-refractivity contribution in [1.29, 1.82) is 0 Å². The Balaban J connectivity index is 1.37. The molecule has 1 aromatic heterocycles. The number of benzene rings is 2. The molecule has 37 heavy (non-hydrogen) atoms. The topological polar surface area (TPSA) is 132 Å². The van der Waals surface area contributed by atoms with Crippen molar-refractivity contribution in [3.8, 4) is 0 Å². The highest BCUT2D eigenvalue weighted by atomic mass is 35.5. The Labute approximate surface area is 218 Å². The SMILES string of the molecule is COC(=O)[C@@H]1C[C@@H](O)CN1C(=O)C[C@@]1(O)CC(NC(=O)c2cc3cc(Cl)ccc3[nH]2)Cc2ccccc21. The van der Waals surface area contributed by atoms with E-state index in [-0.39, 0.29) is 31.7 Å². The standard InChI is InChI=1S/C27H28ClN3O6/c1-37-26(35)23-11-19(32)14-31(23)24(33)13-27(36)12-18(9-15-4-2-3-5-20(15)27)29-25(34)22-10-16-8-17(28)6-7-21(16)30-22/h2-8,10,18-19,23,30,32,36H,9,11-14H2,1H3,(H,29,34)/t18?,19-,23+,27+/m1/s1. The summed E-state index contributed by atoms with van der Waals surface area (Å²) in [5.74, 6) is -1.41. The molecule has 10 heteroatoms. The molecule has 1 aliphatic carbocycles. The van der Waals surface area contributed by atoms with Gasteiger partial charge in [-0.1, -0.05) is 35.9 Å². The summed E-state index contributed by atoms with van der Waals surface area (Å²) >= 11 is 6.06. The second kappa shape index (κ2) is 9.81. The molecule has 1 unspecified atom stereocenters. The zero-order valence-electron chi connectivity index (χ0n) is 20.2. The van der Waals surface area contributed by atoms with Crippen LogP contribution in [-0.4, -0.2) is 69.7 Å². The lowest BCUT2D eigenvalue weighted by molar-refractivity contribution is -0.153. The highest BCUT2D eigenvalue weighted by molar-refractivity contribution is 6.31. The molecule has 2 heterocycles. The lowest BCUT2D eigenvalue weighted by Gasteiger charge is -2.39. The van der Waals surface area contributed by atoms with E-state index in [1.807, 2.05) is 12.1 Å². The number of carbonyl (C=O) groups excluding carboxylic acids is 3. The number of halogens is 1. The van der Waals surface area contributed by atoms with Gasteiger partial charge in [0.1, 0.15) is 17.3 Å². The number of β-amino-alcohol motifs (C(OH)–C–C–N with tert-alkyl or cyclic N) is 1. The molecule has 4 atom stereocenters. The lowest BCUT2D eigenvalue weighted by atomic mass is 9.74. The number of methoxy groups -OCH3 is 1. The molecule has 0 spiro atoms. The van der Waals surface area contributed by atoms with E-state index in [1.54, 1.807) is 36.4 Å². The maximum atomic E-state index is 13.3. The van der Waals surface area contributed by atoms with Crippen molar-refractivity contribution in [2.75, 3.05) is 13.7 Å². The van der Waals surface area contributed by atoms with Gasteiger partial charge in [-0.15, -0.1) is 0 Å². The summed E-state index contributed by atoms with van der Waals surface area (Å²) in [5, 5.41) is 26.3. The van der Waals surface area contributed by atoms with Gasteiger partial charge in [0.25, 0.3) is 5.91 Å². The van der Waals surface area contributed by atoms with Gasteiger partial charge in [0.15, 0.2) is 0 Å². The van der Waals surface area contributed by atoms with Gasteiger partial charge in [-0.3, -0.25) is 9.59 Å². The largest absolute Gasteiger partial charge is 0.467 e. The Morgan fingerprint density at radius 3 is 2.78 bits per heavy atom. The Morgan fingerprint density at radius 2 is 2.00 bits per heavy atom. The van der Waals surface area contributed by atoms with Gasteiger partial charge >= 0.3 is 5.97 Å². The van der Waals surface area contributed by atoms with Gasteiger partial charge in [-0.25, -0.2) is 4.79 Å². The fourth-order valence-corrected chi connectivity index (χ4v) is 5.75. The van der Waals surface area contributed by atoms with Gasteiger partial charge in [-0.2, -0.15) is 0 Å². The van der Waals surface area contributed by atoms with E-state index in [9.17, 15) is 24.6 Å². The van der Waals surface area contributed by atoms with Gasteiger partial charge in [0.05, 0.1) is 19.6 Å². The number of fused-ring (bicyclic) bond motifs is 2. The quantitative estimate of drug-likeness (QED) is 0.378. The van der Waals surface area contributed by atoms with E-state index < -0.39 is 35.7 Å². The van der Waals surface area contributed by atoms with Crippen LogP contribution in [-0.2, 0) is 26.3 Å². The smallest absolute Gasteiger partial charge is 0.328 e.